The molecule has 1 aromatic heterocycles. The molecule has 174 valence electrons. The van der Waals surface area contributed by atoms with Crippen LogP contribution in [0.1, 0.15) is 36.3 Å². The van der Waals surface area contributed by atoms with Crippen LogP contribution in [-0.4, -0.2) is 29.7 Å². The van der Waals surface area contributed by atoms with Crippen LogP contribution < -0.4 is 10.1 Å². The lowest BCUT2D eigenvalue weighted by Crippen LogP contribution is -2.21. The highest BCUT2D eigenvalue weighted by Crippen LogP contribution is 2.22. The molecule has 3 aromatic carbocycles. The molecule has 0 aliphatic carbocycles. The maximum absolute atomic E-state index is 12.1. The van der Waals surface area contributed by atoms with Crippen LogP contribution in [0.2, 0.25) is 0 Å². The zero-order valence-corrected chi connectivity index (χ0v) is 19.6. The molecule has 0 unspecified atom stereocenters. The topological polar surface area (TPSA) is 77.2 Å². The number of carbonyl (C=O) groups is 1. The second kappa shape index (κ2) is 11.3. The Morgan fingerprint density at radius 3 is 2.62 bits per heavy atom. The van der Waals surface area contributed by atoms with Crippen LogP contribution in [0.15, 0.2) is 71.3 Å². The molecule has 0 aliphatic rings. The number of hydrogen-bond donors (Lipinski definition) is 1. The van der Waals surface area contributed by atoms with Gasteiger partial charge >= 0.3 is 0 Å². The second-order valence-electron chi connectivity index (χ2n) is 8.29. The van der Waals surface area contributed by atoms with Gasteiger partial charge in [0.05, 0.1) is 7.11 Å². The number of nitrogens with zero attached hydrogens (tertiary/aromatic N) is 2. The van der Waals surface area contributed by atoms with Crippen molar-refractivity contribution in [3.63, 3.8) is 0 Å². The molecule has 0 aliphatic heterocycles. The maximum Gasteiger partial charge on any atom is 0.243 e. The predicted octanol–water partition coefficient (Wildman–Crippen LogP) is 5.75. The van der Waals surface area contributed by atoms with Crippen LogP contribution in [0.4, 0.5) is 0 Å². The minimum absolute atomic E-state index is 0.0885. The van der Waals surface area contributed by atoms with Gasteiger partial charge in [-0.2, -0.15) is 4.98 Å². The third kappa shape index (κ3) is 6.32. The van der Waals surface area contributed by atoms with E-state index in [1.165, 1.54) is 5.56 Å². The largest absolute Gasteiger partial charge is 0.497 e. The van der Waals surface area contributed by atoms with Gasteiger partial charge in [0.2, 0.25) is 17.6 Å². The van der Waals surface area contributed by atoms with Crippen molar-refractivity contribution in [1.29, 1.82) is 0 Å². The Balaban J connectivity index is 1.15. The molecule has 1 heterocycles. The van der Waals surface area contributed by atoms with Crippen molar-refractivity contribution in [3.8, 4) is 17.1 Å². The van der Waals surface area contributed by atoms with Crippen molar-refractivity contribution < 1.29 is 14.1 Å². The van der Waals surface area contributed by atoms with E-state index in [2.05, 4.69) is 21.5 Å². The number of methoxy groups -OCH3 is 1. The van der Waals surface area contributed by atoms with Crippen molar-refractivity contribution in [2.24, 2.45) is 0 Å². The van der Waals surface area contributed by atoms with Crippen molar-refractivity contribution in [2.45, 2.75) is 32.6 Å². The van der Waals surface area contributed by atoms with E-state index in [-0.39, 0.29) is 5.91 Å². The van der Waals surface area contributed by atoms with Gasteiger partial charge in [-0.05, 0) is 60.4 Å². The van der Waals surface area contributed by atoms with Gasteiger partial charge in [-0.25, -0.2) is 0 Å². The molecule has 6 nitrogen and oxygen atoms in total. The van der Waals surface area contributed by atoms with Crippen LogP contribution in [0, 0.1) is 6.92 Å². The van der Waals surface area contributed by atoms with Crippen LogP contribution in [-0.2, 0) is 11.2 Å². The lowest BCUT2D eigenvalue weighted by atomic mass is 10.1. The molecule has 0 spiro atoms. The van der Waals surface area contributed by atoms with E-state index in [0.29, 0.717) is 18.3 Å². The number of rotatable bonds is 10. The average molecular weight is 456 g/mol. The van der Waals surface area contributed by atoms with Crippen LogP contribution in [0.5, 0.6) is 5.75 Å². The molecule has 6 heteroatoms. The van der Waals surface area contributed by atoms with Crippen molar-refractivity contribution in [1.82, 2.24) is 15.5 Å². The Hall–Kier alpha value is -3.93. The van der Waals surface area contributed by atoms with E-state index in [1.807, 2.05) is 67.6 Å². The van der Waals surface area contributed by atoms with E-state index >= 15 is 0 Å². The SMILES string of the molecule is COc1ccc2cc(/C=C/C(=O)NCCCCCc3nc(-c4ccc(C)cc4)no3)ccc2c1. The van der Waals surface area contributed by atoms with Gasteiger partial charge in [0.15, 0.2) is 0 Å². The molecule has 0 saturated heterocycles. The summed E-state index contributed by atoms with van der Waals surface area (Å²) in [5.41, 5.74) is 3.14. The first-order valence-corrected chi connectivity index (χ1v) is 11.5. The standard InChI is InChI=1S/C28H29N3O3/c1-20-7-11-22(12-8-20)28-30-27(34-31-28)6-4-3-5-17-29-26(32)16-10-21-9-13-24-19-25(33-2)15-14-23(24)18-21/h7-16,18-19H,3-6,17H2,1-2H3,(H,29,32)/b16-10+. The van der Waals surface area contributed by atoms with Crippen LogP contribution >= 0.6 is 0 Å². The van der Waals surface area contributed by atoms with Crippen molar-refractivity contribution in [3.05, 3.63) is 83.8 Å². The number of aryl methyl sites for hydroxylation is 2. The van der Waals surface area contributed by atoms with E-state index in [4.69, 9.17) is 9.26 Å². The Morgan fingerprint density at radius 1 is 1.00 bits per heavy atom. The zero-order chi connectivity index (χ0) is 23.8. The minimum Gasteiger partial charge on any atom is -0.497 e. The summed E-state index contributed by atoms with van der Waals surface area (Å²) in [5.74, 6) is 2.02. The van der Waals surface area contributed by atoms with Gasteiger partial charge in [0, 0.05) is 24.6 Å². The van der Waals surface area contributed by atoms with E-state index in [9.17, 15) is 4.79 Å². The van der Waals surface area contributed by atoms with Gasteiger partial charge in [0.25, 0.3) is 0 Å². The summed E-state index contributed by atoms with van der Waals surface area (Å²) >= 11 is 0. The Labute approximate surface area is 199 Å². The molecule has 34 heavy (non-hydrogen) atoms. The molecule has 0 saturated carbocycles. The second-order valence-corrected chi connectivity index (χ2v) is 8.29. The monoisotopic (exact) mass is 455 g/mol. The molecule has 0 atom stereocenters. The van der Waals surface area contributed by atoms with Gasteiger partial charge in [-0.3, -0.25) is 4.79 Å². The number of ether oxygens (including phenoxy) is 1. The van der Waals surface area contributed by atoms with E-state index in [1.54, 1.807) is 13.2 Å². The maximum atomic E-state index is 12.1. The molecule has 0 fully saturated rings. The number of carbonyl (C=O) groups excluding carboxylic acids is 1. The molecule has 0 radical (unpaired) electrons. The van der Waals surface area contributed by atoms with Gasteiger partial charge in [0.1, 0.15) is 5.75 Å². The van der Waals surface area contributed by atoms with Crippen molar-refractivity contribution in [2.75, 3.05) is 13.7 Å². The fraction of sp³-hybridized carbons (Fsp3) is 0.250. The molecule has 4 rings (SSSR count). The molecule has 0 bridgehead atoms. The van der Waals surface area contributed by atoms with Gasteiger partial charge < -0.3 is 14.6 Å². The summed E-state index contributed by atoms with van der Waals surface area (Å²) in [7, 11) is 1.66. The van der Waals surface area contributed by atoms with E-state index < -0.39 is 0 Å². The fourth-order valence-corrected chi connectivity index (χ4v) is 3.67. The highest BCUT2D eigenvalue weighted by atomic mass is 16.5. The lowest BCUT2D eigenvalue weighted by molar-refractivity contribution is -0.116. The molecular formula is C28H29N3O3. The highest BCUT2D eigenvalue weighted by Gasteiger charge is 2.08. The first-order valence-electron chi connectivity index (χ1n) is 11.5. The third-order valence-corrected chi connectivity index (χ3v) is 5.64. The molecule has 1 amide bonds. The normalized spacial score (nSPS) is 11.2. The van der Waals surface area contributed by atoms with Crippen LogP contribution in [0.3, 0.4) is 0 Å². The molecular weight excluding hydrogens is 426 g/mol. The quantitative estimate of drug-likeness (QED) is 0.243. The number of unbranched alkanes of at least 4 members (excludes halogenated alkanes) is 2. The van der Waals surface area contributed by atoms with E-state index in [0.717, 1.165) is 53.3 Å². The number of benzene rings is 3. The summed E-state index contributed by atoms with van der Waals surface area (Å²) < 4.78 is 10.6. The Bertz CT molecular complexity index is 1280. The van der Waals surface area contributed by atoms with Gasteiger partial charge in [-0.1, -0.05) is 59.6 Å². The minimum atomic E-state index is -0.0885. The molecule has 1 N–H and O–H groups in total. The number of nitrogens with one attached hydrogen (secondary N) is 1. The lowest BCUT2D eigenvalue weighted by Gasteiger charge is -2.04. The first kappa shape index (κ1) is 23.2. The number of fused-ring (bicyclic) bond motifs is 1. The fourth-order valence-electron chi connectivity index (χ4n) is 3.67. The Morgan fingerprint density at radius 2 is 1.79 bits per heavy atom. The zero-order valence-electron chi connectivity index (χ0n) is 19.6. The predicted molar refractivity (Wildman–Crippen MR) is 135 cm³/mol. The number of amides is 1. The number of hydrogen-bond acceptors (Lipinski definition) is 5. The van der Waals surface area contributed by atoms with Gasteiger partial charge in [-0.15, -0.1) is 0 Å². The third-order valence-electron chi connectivity index (χ3n) is 5.64. The summed E-state index contributed by atoms with van der Waals surface area (Å²) in [6.07, 6.45) is 6.95. The Kier molecular flexibility index (Phi) is 7.71. The summed E-state index contributed by atoms with van der Waals surface area (Å²) in [6.45, 7) is 2.69. The highest BCUT2D eigenvalue weighted by molar-refractivity contribution is 5.93. The first-order chi connectivity index (χ1) is 16.6. The van der Waals surface area contributed by atoms with Crippen molar-refractivity contribution >= 4 is 22.8 Å². The smallest absolute Gasteiger partial charge is 0.243 e. The summed E-state index contributed by atoms with van der Waals surface area (Å²) in [6, 6.07) is 20.1. The average Bonchev–Trinajstić information content (AvgIpc) is 3.33. The summed E-state index contributed by atoms with van der Waals surface area (Å²) in [5, 5.41) is 9.22. The van der Waals surface area contributed by atoms with Crippen LogP contribution in [0.25, 0.3) is 28.2 Å². The molecule has 4 aromatic rings. The summed E-state index contributed by atoms with van der Waals surface area (Å²) in [4.78, 5) is 16.6. The number of aromatic nitrogens is 2.